The van der Waals surface area contributed by atoms with Crippen LogP contribution in [0.3, 0.4) is 0 Å². The van der Waals surface area contributed by atoms with Crippen molar-refractivity contribution in [2.45, 2.75) is 13.0 Å². The van der Waals surface area contributed by atoms with Gasteiger partial charge in [0.1, 0.15) is 0 Å². The topological polar surface area (TPSA) is 6.48 Å². The van der Waals surface area contributed by atoms with Crippen LogP contribution in [0.1, 0.15) is 6.92 Å². The molecule has 0 aliphatic carbocycles. The Morgan fingerprint density at radius 2 is 2.20 bits per heavy atom. The van der Waals surface area contributed by atoms with Crippen molar-refractivity contribution in [2.75, 3.05) is 26.7 Å². The summed E-state index contributed by atoms with van der Waals surface area (Å²) in [6.07, 6.45) is 1.94. The van der Waals surface area contributed by atoms with Crippen molar-refractivity contribution in [1.29, 1.82) is 0 Å². The molecule has 0 N–H and O–H groups in total. The van der Waals surface area contributed by atoms with Gasteiger partial charge in [-0.3, -0.25) is 0 Å². The van der Waals surface area contributed by atoms with Gasteiger partial charge in [-0.15, -0.1) is 0 Å². The van der Waals surface area contributed by atoms with Crippen molar-refractivity contribution in [3.05, 3.63) is 12.8 Å². The van der Waals surface area contributed by atoms with E-state index in [4.69, 9.17) is 0 Å². The first-order valence-electron chi connectivity index (χ1n) is 3.81. The van der Waals surface area contributed by atoms with Crippen LogP contribution in [-0.4, -0.2) is 42.5 Å². The maximum atomic E-state index is 3.77. The lowest BCUT2D eigenvalue weighted by Crippen LogP contribution is -2.47. The standard InChI is InChI=1S/C8H16N2/c1-4-10-6-5-9(3)7-8(10)2/h4,8H,1,5-7H2,2-3H3/t8-/m1/s1. The van der Waals surface area contributed by atoms with Crippen molar-refractivity contribution < 1.29 is 0 Å². The molecule has 0 aromatic rings. The molecular weight excluding hydrogens is 124 g/mol. The summed E-state index contributed by atoms with van der Waals surface area (Å²) in [5.41, 5.74) is 0. The van der Waals surface area contributed by atoms with E-state index in [9.17, 15) is 0 Å². The van der Waals surface area contributed by atoms with E-state index in [1.807, 2.05) is 6.20 Å². The summed E-state index contributed by atoms with van der Waals surface area (Å²) >= 11 is 0. The first-order chi connectivity index (χ1) is 4.74. The van der Waals surface area contributed by atoms with Gasteiger partial charge in [0.2, 0.25) is 0 Å². The van der Waals surface area contributed by atoms with Crippen LogP contribution in [0, 0.1) is 0 Å². The van der Waals surface area contributed by atoms with Gasteiger partial charge in [-0.25, -0.2) is 0 Å². The Morgan fingerprint density at radius 1 is 1.50 bits per heavy atom. The van der Waals surface area contributed by atoms with Crippen molar-refractivity contribution in [1.82, 2.24) is 9.80 Å². The van der Waals surface area contributed by atoms with E-state index in [1.165, 1.54) is 0 Å². The molecule has 10 heavy (non-hydrogen) atoms. The van der Waals surface area contributed by atoms with Crippen LogP contribution in [0.5, 0.6) is 0 Å². The predicted molar refractivity (Wildman–Crippen MR) is 43.9 cm³/mol. The quantitative estimate of drug-likeness (QED) is 0.530. The van der Waals surface area contributed by atoms with Gasteiger partial charge in [-0.1, -0.05) is 6.58 Å². The van der Waals surface area contributed by atoms with Gasteiger partial charge >= 0.3 is 0 Å². The van der Waals surface area contributed by atoms with Gasteiger partial charge in [0.05, 0.1) is 0 Å². The van der Waals surface area contributed by atoms with Crippen LogP contribution in [0.25, 0.3) is 0 Å². The molecule has 0 radical (unpaired) electrons. The van der Waals surface area contributed by atoms with E-state index < -0.39 is 0 Å². The average molecular weight is 140 g/mol. The molecule has 0 unspecified atom stereocenters. The molecule has 0 aromatic carbocycles. The molecule has 1 aliphatic rings. The number of rotatable bonds is 1. The van der Waals surface area contributed by atoms with E-state index in [0.29, 0.717) is 6.04 Å². The molecule has 0 saturated carbocycles. The summed E-state index contributed by atoms with van der Waals surface area (Å²) in [5, 5.41) is 0. The minimum absolute atomic E-state index is 0.635. The smallest absolute Gasteiger partial charge is 0.0383 e. The Bertz CT molecular complexity index is 122. The number of piperazine rings is 1. The lowest BCUT2D eigenvalue weighted by atomic mass is 10.2. The van der Waals surface area contributed by atoms with Crippen LogP contribution in [0.2, 0.25) is 0 Å². The second kappa shape index (κ2) is 3.06. The predicted octanol–water partition coefficient (Wildman–Crippen LogP) is 0.766. The fraction of sp³-hybridized carbons (Fsp3) is 0.750. The molecule has 1 aliphatic heterocycles. The molecule has 0 bridgehead atoms. The van der Waals surface area contributed by atoms with Gasteiger partial charge in [-0.2, -0.15) is 0 Å². The molecule has 2 nitrogen and oxygen atoms in total. The molecule has 1 saturated heterocycles. The molecule has 1 atom stereocenters. The largest absolute Gasteiger partial charge is 0.373 e. The second-order valence-electron chi connectivity index (χ2n) is 3.03. The van der Waals surface area contributed by atoms with E-state index in [1.54, 1.807) is 0 Å². The second-order valence-corrected chi connectivity index (χ2v) is 3.03. The Morgan fingerprint density at radius 3 is 2.70 bits per heavy atom. The maximum absolute atomic E-state index is 3.77. The first-order valence-corrected chi connectivity index (χ1v) is 3.81. The van der Waals surface area contributed by atoms with Gasteiger partial charge in [0, 0.05) is 25.7 Å². The Labute approximate surface area is 63.1 Å². The Hall–Kier alpha value is -0.500. The van der Waals surface area contributed by atoms with Gasteiger partial charge < -0.3 is 9.80 Å². The van der Waals surface area contributed by atoms with Crippen molar-refractivity contribution >= 4 is 0 Å². The molecule has 58 valence electrons. The molecule has 0 amide bonds. The van der Waals surface area contributed by atoms with Gasteiger partial charge in [0.15, 0.2) is 0 Å². The number of nitrogens with zero attached hydrogens (tertiary/aromatic N) is 2. The highest BCUT2D eigenvalue weighted by Crippen LogP contribution is 2.06. The summed E-state index contributed by atoms with van der Waals surface area (Å²) in [5.74, 6) is 0. The third kappa shape index (κ3) is 1.51. The lowest BCUT2D eigenvalue weighted by Gasteiger charge is -2.37. The fourth-order valence-corrected chi connectivity index (χ4v) is 1.43. The minimum atomic E-state index is 0.635. The zero-order valence-corrected chi connectivity index (χ0v) is 6.88. The van der Waals surface area contributed by atoms with Crippen molar-refractivity contribution in [3.8, 4) is 0 Å². The van der Waals surface area contributed by atoms with Crippen LogP contribution >= 0.6 is 0 Å². The summed E-state index contributed by atoms with van der Waals surface area (Å²) in [6.45, 7) is 9.45. The Balaban J connectivity index is 2.43. The maximum Gasteiger partial charge on any atom is 0.0383 e. The van der Waals surface area contributed by atoms with E-state index >= 15 is 0 Å². The Kier molecular flexibility index (Phi) is 2.33. The summed E-state index contributed by atoms with van der Waals surface area (Å²) in [6, 6.07) is 0.635. The van der Waals surface area contributed by atoms with E-state index in [2.05, 4.69) is 30.4 Å². The summed E-state index contributed by atoms with van der Waals surface area (Å²) < 4.78 is 0. The van der Waals surface area contributed by atoms with Crippen molar-refractivity contribution in [2.24, 2.45) is 0 Å². The zero-order valence-electron chi connectivity index (χ0n) is 6.88. The fourth-order valence-electron chi connectivity index (χ4n) is 1.43. The van der Waals surface area contributed by atoms with Gasteiger partial charge in [-0.05, 0) is 20.2 Å². The molecule has 1 fully saturated rings. The summed E-state index contributed by atoms with van der Waals surface area (Å²) in [4.78, 5) is 4.64. The van der Waals surface area contributed by atoms with E-state index in [-0.39, 0.29) is 0 Å². The molecule has 1 heterocycles. The average Bonchev–Trinajstić information content (AvgIpc) is 1.88. The third-order valence-electron chi connectivity index (χ3n) is 2.12. The SMILES string of the molecule is C=CN1CCN(C)C[C@H]1C. The van der Waals surface area contributed by atoms with Crippen LogP contribution in [0.4, 0.5) is 0 Å². The minimum Gasteiger partial charge on any atom is -0.373 e. The third-order valence-corrected chi connectivity index (χ3v) is 2.12. The number of hydrogen-bond donors (Lipinski definition) is 0. The number of likely N-dealkylation sites (N-methyl/N-ethyl adjacent to an activating group) is 1. The molecule has 1 rings (SSSR count). The zero-order chi connectivity index (χ0) is 7.56. The monoisotopic (exact) mass is 140 g/mol. The lowest BCUT2D eigenvalue weighted by molar-refractivity contribution is 0.144. The molecule has 2 heteroatoms. The molecule has 0 spiro atoms. The van der Waals surface area contributed by atoms with Crippen molar-refractivity contribution in [3.63, 3.8) is 0 Å². The highest BCUT2D eigenvalue weighted by atomic mass is 15.3. The van der Waals surface area contributed by atoms with Crippen LogP contribution in [-0.2, 0) is 0 Å². The number of hydrogen-bond acceptors (Lipinski definition) is 2. The van der Waals surface area contributed by atoms with E-state index in [0.717, 1.165) is 19.6 Å². The molecular formula is C8H16N2. The highest BCUT2D eigenvalue weighted by Gasteiger charge is 2.17. The van der Waals surface area contributed by atoms with Crippen LogP contribution in [0.15, 0.2) is 12.8 Å². The highest BCUT2D eigenvalue weighted by molar-refractivity contribution is 4.83. The normalized spacial score (nSPS) is 28.6. The van der Waals surface area contributed by atoms with Crippen LogP contribution < -0.4 is 0 Å². The molecule has 0 aromatic heterocycles. The van der Waals surface area contributed by atoms with Gasteiger partial charge in [0.25, 0.3) is 0 Å². The summed E-state index contributed by atoms with van der Waals surface area (Å²) in [7, 11) is 2.16. The first kappa shape index (κ1) is 7.61.